The van der Waals surface area contributed by atoms with E-state index >= 15 is 0 Å². The Morgan fingerprint density at radius 2 is 1.15 bits per heavy atom. The molecule has 292 valence electrons. The number of fused-ring (bicyclic) bond motifs is 9. The third-order valence-corrected chi connectivity index (χ3v) is 15.1. The summed E-state index contributed by atoms with van der Waals surface area (Å²) in [6.45, 7) is 2.48. The van der Waals surface area contributed by atoms with Gasteiger partial charge in [0.15, 0.2) is 0 Å². The van der Waals surface area contributed by atoms with E-state index < -0.39 is 0 Å². The molecule has 1 unspecified atom stereocenters. The van der Waals surface area contributed by atoms with Crippen molar-refractivity contribution in [3.05, 3.63) is 234 Å². The van der Waals surface area contributed by atoms with Gasteiger partial charge in [-0.15, -0.1) is 11.3 Å². The van der Waals surface area contributed by atoms with Crippen LogP contribution in [-0.2, 0) is 5.41 Å². The van der Waals surface area contributed by atoms with Gasteiger partial charge in [0.2, 0.25) is 0 Å². The smallest absolute Gasteiger partial charge is 0.0515 e. The molecule has 2 heterocycles. The highest BCUT2D eigenvalue weighted by Crippen LogP contribution is 2.64. The minimum atomic E-state index is -0.347. The summed E-state index contributed by atoms with van der Waals surface area (Å²) in [7, 11) is 0. The normalized spacial score (nSPS) is 16.2. The Balaban J connectivity index is 1.03. The minimum absolute atomic E-state index is 0.347. The van der Waals surface area contributed by atoms with Gasteiger partial charge in [-0.3, -0.25) is 0 Å². The molecular weight excluding hydrogens is 767 g/mol. The number of hydrogen-bond acceptors (Lipinski definition) is 2. The fourth-order valence-corrected chi connectivity index (χ4v) is 12.3. The molecule has 1 nitrogen and oxygen atoms in total. The van der Waals surface area contributed by atoms with Crippen molar-refractivity contribution in [1.82, 2.24) is 0 Å². The molecule has 0 N–H and O–H groups in total. The van der Waals surface area contributed by atoms with E-state index in [4.69, 9.17) is 0 Å². The average molecular weight is 808 g/mol. The maximum absolute atomic E-state index is 2.63. The van der Waals surface area contributed by atoms with E-state index in [1.807, 2.05) is 11.3 Å². The van der Waals surface area contributed by atoms with Crippen molar-refractivity contribution >= 4 is 59.2 Å². The summed E-state index contributed by atoms with van der Waals surface area (Å²) in [4.78, 5) is 2.63. The molecule has 0 bridgehead atoms. The van der Waals surface area contributed by atoms with E-state index in [1.165, 1.54) is 120 Å². The molecule has 0 radical (unpaired) electrons. The number of hydrogen-bond donors (Lipinski definition) is 0. The van der Waals surface area contributed by atoms with Crippen molar-refractivity contribution in [3.63, 3.8) is 0 Å². The summed E-state index contributed by atoms with van der Waals surface area (Å²) in [6.07, 6.45) is 6.70. The maximum atomic E-state index is 2.63. The minimum Gasteiger partial charge on any atom is -0.314 e. The molecule has 0 amide bonds. The quantitative estimate of drug-likeness (QED) is 0.167. The van der Waals surface area contributed by atoms with E-state index in [2.05, 4.69) is 218 Å². The lowest BCUT2D eigenvalue weighted by Crippen LogP contribution is -2.35. The zero-order valence-corrected chi connectivity index (χ0v) is 35.2. The van der Waals surface area contributed by atoms with Crippen LogP contribution in [0.1, 0.15) is 42.0 Å². The van der Waals surface area contributed by atoms with Crippen LogP contribution in [0.25, 0.3) is 81.0 Å². The Bertz CT molecular complexity index is 3530. The summed E-state index contributed by atoms with van der Waals surface area (Å²) < 4.78 is 2.67. The van der Waals surface area contributed by atoms with Gasteiger partial charge in [0.05, 0.1) is 11.4 Å². The molecule has 62 heavy (non-hydrogen) atoms. The lowest BCUT2D eigenvalue weighted by atomic mass is 9.67. The van der Waals surface area contributed by atoms with Crippen LogP contribution in [-0.4, -0.2) is 0 Å². The van der Waals surface area contributed by atoms with Crippen LogP contribution in [0.4, 0.5) is 11.4 Å². The van der Waals surface area contributed by atoms with Gasteiger partial charge in [-0.2, -0.15) is 0 Å². The Kier molecular flexibility index (Phi) is 7.80. The SMILES string of the molecule is CC12c3ccccc3-c3cccc(c31)N(C1=CC=C(c3ccc4ccccc4c3-c3ccc4c(c3)sc3ccccc34)CC1)c1cc(-c3ccccc3)cc(-c3ccccc3)c12. The highest BCUT2D eigenvalue weighted by Gasteiger charge is 2.50. The number of nitrogens with zero attached hydrogens (tertiary/aromatic N) is 1. The zero-order valence-electron chi connectivity index (χ0n) is 34.4. The molecule has 2 aliphatic carbocycles. The van der Waals surface area contributed by atoms with Crippen molar-refractivity contribution in [2.24, 2.45) is 0 Å². The van der Waals surface area contributed by atoms with Gasteiger partial charge < -0.3 is 4.90 Å². The van der Waals surface area contributed by atoms with Crippen molar-refractivity contribution in [2.45, 2.75) is 25.2 Å². The molecule has 1 aliphatic heterocycles. The fraction of sp³-hybridized carbons (Fsp3) is 0.0667. The number of benzene rings is 9. The molecule has 9 aromatic carbocycles. The summed E-state index contributed by atoms with van der Waals surface area (Å²) in [6, 6.07) is 72.5. The lowest BCUT2D eigenvalue weighted by Gasteiger charge is -2.45. The highest BCUT2D eigenvalue weighted by atomic mass is 32.1. The van der Waals surface area contributed by atoms with Gasteiger partial charge in [-0.25, -0.2) is 0 Å². The summed E-state index contributed by atoms with van der Waals surface area (Å²) in [5.41, 5.74) is 20.6. The van der Waals surface area contributed by atoms with Crippen LogP contribution in [0.15, 0.2) is 212 Å². The average Bonchev–Trinajstić information content (AvgIpc) is 3.84. The van der Waals surface area contributed by atoms with Gasteiger partial charge in [0.1, 0.15) is 0 Å². The molecule has 3 aliphatic rings. The van der Waals surface area contributed by atoms with Crippen LogP contribution in [0.2, 0.25) is 0 Å². The molecule has 0 saturated heterocycles. The Hall–Kier alpha value is -7.26. The fourth-order valence-electron chi connectivity index (χ4n) is 11.2. The number of allylic oxidation sites excluding steroid dienone is 4. The second-order valence-electron chi connectivity index (χ2n) is 17.2. The van der Waals surface area contributed by atoms with E-state index in [-0.39, 0.29) is 5.41 Å². The van der Waals surface area contributed by atoms with Crippen LogP contribution in [0, 0.1) is 0 Å². The molecule has 13 rings (SSSR count). The third kappa shape index (κ3) is 5.14. The van der Waals surface area contributed by atoms with E-state index in [0.29, 0.717) is 0 Å². The van der Waals surface area contributed by atoms with Crippen molar-refractivity contribution in [2.75, 3.05) is 4.90 Å². The standard InChI is InChI=1S/C60H41NS/c1-60-52-24-12-10-21-47(52)50-23-14-25-53(58(50)60)61(54-36-43(38-15-4-2-5-16-38)35-51(59(54)60)39-17-6-3-7-18-39)44-31-27-41(28-32-44)46-33-29-40-19-8-9-20-45(40)57(46)42-30-34-49-48-22-11-13-26-55(48)62-56(49)37-42/h2-27,29-31,33-37H,28,32H2,1H3. The molecule has 0 saturated carbocycles. The number of anilines is 2. The predicted molar refractivity (Wildman–Crippen MR) is 264 cm³/mol. The predicted octanol–water partition coefficient (Wildman–Crippen LogP) is 16.8. The topological polar surface area (TPSA) is 3.24 Å². The lowest BCUT2D eigenvalue weighted by molar-refractivity contribution is 0.698. The molecule has 1 atom stereocenters. The Morgan fingerprint density at radius 3 is 1.98 bits per heavy atom. The summed E-state index contributed by atoms with van der Waals surface area (Å²) in [5.74, 6) is 0. The summed E-state index contributed by atoms with van der Waals surface area (Å²) >= 11 is 1.89. The summed E-state index contributed by atoms with van der Waals surface area (Å²) in [5, 5.41) is 5.24. The van der Waals surface area contributed by atoms with Crippen LogP contribution in [0.5, 0.6) is 0 Å². The maximum Gasteiger partial charge on any atom is 0.0515 e. The van der Waals surface area contributed by atoms with E-state index in [9.17, 15) is 0 Å². The molecule has 0 spiro atoms. The van der Waals surface area contributed by atoms with Crippen LogP contribution < -0.4 is 4.90 Å². The van der Waals surface area contributed by atoms with Gasteiger partial charge >= 0.3 is 0 Å². The first kappa shape index (κ1) is 35.5. The van der Waals surface area contributed by atoms with E-state index in [0.717, 1.165) is 12.8 Å². The third-order valence-electron chi connectivity index (χ3n) is 13.9. The van der Waals surface area contributed by atoms with Gasteiger partial charge in [0, 0.05) is 31.3 Å². The first-order chi connectivity index (χ1) is 30.6. The first-order valence-electron chi connectivity index (χ1n) is 21.8. The van der Waals surface area contributed by atoms with Crippen molar-refractivity contribution in [1.29, 1.82) is 0 Å². The van der Waals surface area contributed by atoms with Gasteiger partial charge in [0.25, 0.3) is 0 Å². The first-order valence-corrected chi connectivity index (χ1v) is 22.6. The largest absolute Gasteiger partial charge is 0.314 e. The molecule has 10 aromatic rings. The van der Waals surface area contributed by atoms with E-state index in [1.54, 1.807) is 0 Å². The second kappa shape index (κ2) is 13.6. The zero-order chi connectivity index (χ0) is 40.9. The Morgan fingerprint density at radius 1 is 0.435 bits per heavy atom. The molecule has 1 aromatic heterocycles. The Labute approximate surface area is 366 Å². The molecular formula is C60H41NS. The monoisotopic (exact) mass is 807 g/mol. The molecule has 0 fully saturated rings. The number of rotatable bonds is 5. The molecule has 2 heteroatoms. The van der Waals surface area contributed by atoms with Crippen LogP contribution >= 0.6 is 11.3 Å². The van der Waals surface area contributed by atoms with Crippen molar-refractivity contribution < 1.29 is 0 Å². The second-order valence-corrected chi connectivity index (χ2v) is 18.3. The van der Waals surface area contributed by atoms with Gasteiger partial charge in [-0.05, 0) is 139 Å². The highest BCUT2D eigenvalue weighted by molar-refractivity contribution is 7.25. The van der Waals surface area contributed by atoms with Crippen LogP contribution in [0.3, 0.4) is 0 Å². The number of thiophene rings is 1. The van der Waals surface area contributed by atoms with Gasteiger partial charge in [-0.1, -0.05) is 170 Å². The van der Waals surface area contributed by atoms with Crippen molar-refractivity contribution in [3.8, 4) is 44.5 Å².